The van der Waals surface area contributed by atoms with Gasteiger partial charge in [0.2, 0.25) is 5.89 Å². The zero-order valence-electron chi connectivity index (χ0n) is 16.3. The largest absolute Gasteiger partial charge is 0.388 e. The summed E-state index contributed by atoms with van der Waals surface area (Å²) in [7, 11) is 0. The number of nitrogens with one attached hydrogen (secondary N) is 2. The number of aromatic nitrogens is 6. The van der Waals surface area contributed by atoms with Crippen LogP contribution < -0.4 is 5.69 Å². The number of fused-ring (bicyclic) bond motifs is 3. The van der Waals surface area contributed by atoms with Crippen LogP contribution in [-0.4, -0.2) is 34.8 Å². The molecule has 4 aromatic heterocycles. The molecule has 154 valence electrons. The van der Waals surface area contributed by atoms with E-state index in [1.165, 1.54) is 0 Å². The smallest absolute Gasteiger partial charge is 0.326 e. The summed E-state index contributed by atoms with van der Waals surface area (Å²) in [5.74, 6) is 2.43. The summed E-state index contributed by atoms with van der Waals surface area (Å²) in [4.78, 5) is 28.2. The van der Waals surface area contributed by atoms with E-state index >= 15 is 0 Å². The fourth-order valence-electron chi connectivity index (χ4n) is 7.12. The first kappa shape index (κ1) is 16.8. The molecule has 0 radical (unpaired) electrons. The zero-order valence-corrected chi connectivity index (χ0v) is 16.3. The van der Waals surface area contributed by atoms with Gasteiger partial charge in [0.05, 0.1) is 22.6 Å². The predicted molar refractivity (Wildman–Crippen MR) is 107 cm³/mol. The third-order valence-corrected chi connectivity index (χ3v) is 7.84. The highest BCUT2D eigenvalue weighted by Gasteiger charge is 2.59. The molecule has 9 heteroatoms. The maximum absolute atomic E-state index is 13.1. The number of imidazole rings is 1. The van der Waals surface area contributed by atoms with E-state index < -0.39 is 0 Å². The van der Waals surface area contributed by atoms with Crippen LogP contribution in [0.3, 0.4) is 0 Å². The number of hydrogen-bond donors (Lipinski definition) is 3. The van der Waals surface area contributed by atoms with Crippen LogP contribution in [0.15, 0.2) is 27.8 Å². The van der Waals surface area contributed by atoms with Crippen molar-refractivity contribution in [2.75, 3.05) is 0 Å². The molecule has 0 saturated heterocycles. The van der Waals surface area contributed by atoms with Crippen LogP contribution in [0.2, 0.25) is 0 Å². The second-order valence-corrected chi connectivity index (χ2v) is 9.48. The van der Waals surface area contributed by atoms with Crippen molar-refractivity contribution in [1.82, 2.24) is 29.7 Å². The van der Waals surface area contributed by atoms with Gasteiger partial charge in [-0.25, -0.2) is 9.78 Å². The van der Waals surface area contributed by atoms with Crippen molar-refractivity contribution in [3.63, 3.8) is 0 Å². The molecular formula is C21H22N6O3. The maximum Gasteiger partial charge on any atom is 0.326 e. The minimum Gasteiger partial charge on any atom is -0.388 e. The molecule has 0 spiro atoms. The molecular weight excluding hydrogens is 384 g/mol. The number of aliphatic hydroxyl groups excluding tert-OH is 1. The van der Waals surface area contributed by atoms with Crippen molar-refractivity contribution in [2.45, 2.75) is 50.2 Å². The normalized spacial score (nSPS) is 32.6. The van der Waals surface area contributed by atoms with Crippen LogP contribution in [0.4, 0.5) is 0 Å². The van der Waals surface area contributed by atoms with Gasteiger partial charge in [-0.15, -0.1) is 0 Å². The minimum absolute atomic E-state index is 0.0487. The summed E-state index contributed by atoms with van der Waals surface area (Å²) < 4.78 is 7.61. The fraction of sp³-hybridized carbons (Fsp3) is 0.524. The molecule has 2 unspecified atom stereocenters. The Balaban J connectivity index is 1.37. The number of rotatable bonds is 3. The van der Waals surface area contributed by atoms with Crippen molar-refractivity contribution in [3.05, 3.63) is 40.7 Å². The third-order valence-electron chi connectivity index (χ3n) is 7.84. The Morgan fingerprint density at radius 3 is 2.87 bits per heavy atom. The van der Waals surface area contributed by atoms with Gasteiger partial charge in [0.25, 0.3) is 0 Å². The Morgan fingerprint density at radius 2 is 2.10 bits per heavy atom. The van der Waals surface area contributed by atoms with Gasteiger partial charge in [-0.2, -0.15) is 4.98 Å². The number of hydrogen-bond acceptors (Lipinski definition) is 6. The topological polar surface area (TPSA) is 126 Å². The van der Waals surface area contributed by atoms with Crippen LogP contribution >= 0.6 is 0 Å². The highest BCUT2D eigenvalue weighted by atomic mass is 16.5. The van der Waals surface area contributed by atoms with Crippen LogP contribution in [0.25, 0.3) is 22.1 Å². The Morgan fingerprint density at radius 1 is 1.27 bits per heavy atom. The van der Waals surface area contributed by atoms with Gasteiger partial charge in [0, 0.05) is 17.6 Å². The van der Waals surface area contributed by atoms with Crippen LogP contribution in [-0.2, 0) is 12.0 Å². The van der Waals surface area contributed by atoms with Crippen LogP contribution in [0, 0.1) is 17.8 Å². The first-order valence-corrected chi connectivity index (χ1v) is 10.7. The second kappa shape index (κ2) is 5.60. The van der Waals surface area contributed by atoms with Crippen molar-refractivity contribution >= 4 is 22.1 Å². The van der Waals surface area contributed by atoms with Crippen molar-refractivity contribution < 1.29 is 9.63 Å². The lowest BCUT2D eigenvalue weighted by atomic mass is 9.47. The van der Waals surface area contributed by atoms with E-state index in [0.717, 1.165) is 54.2 Å². The number of H-pyrrole nitrogens is 2. The first-order chi connectivity index (χ1) is 14.6. The summed E-state index contributed by atoms with van der Waals surface area (Å²) >= 11 is 0. The standard InChI is InChI=1S/C21H22N6O3/c28-9-15-25-19(30-26-15)21-5-10-3-11(6-21)16(12(4-10)7-21)27-17-13-1-2-22-18(13)23-8-14(17)24-20(27)29/h1-2,8,10-12,16,28H,3-7,9H2,(H,22,23)(H,24,29). The molecule has 4 fully saturated rings. The lowest BCUT2D eigenvalue weighted by Gasteiger charge is -2.58. The van der Waals surface area contributed by atoms with E-state index in [1.807, 2.05) is 16.8 Å². The van der Waals surface area contributed by atoms with Gasteiger partial charge in [-0.3, -0.25) is 4.57 Å². The number of pyridine rings is 1. The quantitative estimate of drug-likeness (QED) is 0.480. The fourth-order valence-corrected chi connectivity index (χ4v) is 7.12. The average Bonchev–Trinajstić information content (AvgIpc) is 3.45. The van der Waals surface area contributed by atoms with Crippen molar-refractivity contribution in [2.24, 2.45) is 17.8 Å². The molecule has 0 aliphatic heterocycles. The molecule has 30 heavy (non-hydrogen) atoms. The van der Waals surface area contributed by atoms with E-state index in [1.54, 1.807) is 6.20 Å². The zero-order chi connectivity index (χ0) is 20.0. The molecule has 0 aromatic carbocycles. The summed E-state index contributed by atoms with van der Waals surface area (Å²) in [6, 6.07) is 2.16. The van der Waals surface area contributed by atoms with E-state index in [0.29, 0.717) is 29.5 Å². The number of aliphatic hydroxyl groups is 1. The molecule has 4 aromatic rings. The Kier molecular flexibility index (Phi) is 3.14. The molecule has 3 N–H and O–H groups in total. The van der Waals surface area contributed by atoms with Crippen molar-refractivity contribution in [3.8, 4) is 0 Å². The summed E-state index contributed by atoms with van der Waals surface area (Å²) in [5.41, 5.74) is 2.39. The van der Waals surface area contributed by atoms with Crippen LogP contribution in [0.1, 0.15) is 49.9 Å². The molecule has 4 bridgehead atoms. The lowest BCUT2D eigenvalue weighted by Crippen LogP contribution is -2.54. The molecule has 8 rings (SSSR count). The molecule has 4 heterocycles. The van der Waals surface area contributed by atoms with Gasteiger partial charge >= 0.3 is 5.69 Å². The lowest BCUT2D eigenvalue weighted by molar-refractivity contribution is -0.0599. The van der Waals surface area contributed by atoms with Gasteiger partial charge in [-0.05, 0) is 55.9 Å². The van der Waals surface area contributed by atoms with Crippen molar-refractivity contribution in [1.29, 1.82) is 0 Å². The van der Waals surface area contributed by atoms with Gasteiger partial charge in [0.1, 0.15) is 12.3 Å². The predicted octanol–water partition coefficient (Wildman–Crippen LogP) is 2.40. The molecule has 4 saturated carbocycles. The third kappa shape index (κ3) is 2.05. The van der Waals surface area contributed by atoms with E-state index in [2.05, 4.69) is 25.1 Å². The molecule has 4 aliphatic rings. The summed E-state index contributed by atoms with van der Waals surface area (Å²) in [6.07, 6.45) is 8.83. The Hall–Kier alpha value is -2.94. The van der Waals surface area contributed by atoms with Gasteiger partial charge in [-0.1, -0.05) is 5.16 Å². The second-order valence-electron chi connectivity index (χ2n) is 9.48. The Bertz CT molecular complexity index is 1330. The molecule has 2 atom stereocenters. The van der Waals surface area contributed by atoms with E-state index in [-0.39, 0.29) is 23.8 Å². The number of aromatic amines is 2. The summed E-state index contributed by atoms with van der Waals surface area (Å²) in [6.45, 7) is -0.204. The number of nitrogens with zero attached hydrogens (tertiary/aromatic N) is 4. The summed E-state index contributed by atoms with van der Waals surface area (Å²) in [5, 5.41) is 14.3. The molecule has 0 amide bonds. The van der Waals surface area contributed by atoms with Gasteiger partial charge in [0.15, 0.2) is 5.82 Å². The first-order valence-electron chi connectivity index (χ1n) is 10.7. The minimum atomic E-state index is -0.204. The molecule has 9 nitrogen and oxygen atoms in total. The van der Waals surface area contributed by atoms with E-state index in [4.69, 9.17) is 4.52 Å². The van der Waals surface area contributed by atoms with E-state index in [9.17, 15) is 9.90 Å². The highest BCUT2D eigenvalue weighted by molar-refractivity contribution is 6.00. The SMILES string of the molecule is O=c1[nH]c2cnc3[nH]ccc3c2n1C1C2CC3CC1CC(c1nc(CO)no1)(C3)C2. The van der Waals surface area contributed by atoms with Crippen LogP contribution in [0.5, 0.6) is 0 Å². The average molecular weight is 406 g/mol. The maximum atomic E-state index is 13.1. The monoisotopic (exact) mass is 406 g/mol. The highest BCUT2D eigenvalue weighted by Crippen LogP contribution is 2.64. The molecule has 4 aliphatic carbocycles. The van der Waals surface area contributed by atoms with Gasteiger partial charge < -0.3 is 19.6 Å². The Labute approximate surface area is 170 Å².